The van der Waals surface area contributed by atoms with Crippen molar-refractivity contribution in [2.24, 2.45) is 10.9 Å². The fourth-order valence-electron chi connectivity index (χ4n) is 1.99. The Bertz CT molecular complexity index is 921. The molecule has 2 aromatic rings. The zero-order valence-electron chi connectivity index (χ0n) is 12.5. The molecule has 0 amide bonds. The maximum Gasteiger partial charge on any atom is 0.446 e. The highest BCUT2D eigenvalue weighted by Gasteiger charge is 2.36. The first-order valence-electron chi connectivity index (χ1n) is 6.47. The molecule has 144 valence electrons. The van der Waals surface area contributed by atoms with E-state index in [1.54, 1.807) is 0 Å². The Morgan fingerprint density at radius 3 is 2.15 bits per heavy atom. The number of hydrogen-bond acceptors (Lipinski definition) is 5. The number of halogens is 8. The first kappa shape index (κ1) is 21.2. The SMILES string of the molecule is N#Cc1nn(-c2c(Cl)cc(C(F)(F)F)cc2Cl)c(/C=N/N)c1SC(F)(F)F. The third-order valence-electron chi connectivity index (χ3n) is 2.95. The summed E-state index contributed by atoms with van der Waals surface area (Å²) in [5.74, 6) is 4.99. The van der Waals surface area contributed by atoms with Gasteiger partial charge in [-0.2, -0.15) is 41.8 Å². The molecule has 0 saturated carbocycles. The van der Waals surface area contributed by atoms with Crippen molar-refractivity contribution < 1.29 is 26.3 Å². The largest absolute Gasteiger partial charge is 0.446 e. The van der Waals surface area contributed by atoms with Gasteiger partial charge in [-0.25, -0.2) is 4.68 Å². The molecule has 5 nitrogen and oxygen atoms in total. The second-order valence-corrected chi connectivity index (χ2v) is 6.59. The van der Waals surface area contributed by atoms with Crippen LogP contribution in [0.25, 0.3) is 5.69 Å². The monoisotopic (exact) mass is 447 g/mol. The topological polar surface area (TPSA) is 80.0 Å². The second-order valence-electron chi connectivity index (χ2n) is 4.70. The third kappa shape index (κ3) is 4.60. The standard InChI is InChI=1S/C13H5Cl2F6N5S/c14-6-1-5(12(16,17)18)2-7(15)10(6)26-9(4-24-23)11(8(3-22)25-26)27-13(19,20)21/h1-2,4H,23H2/b24-4+. The van der Waals surface area contributed by atoms with Crippen molar-refractivity contribution in [2.45, 2.75) is 16.6 Å². The molecule has 0 unspecified atom stereocenters. The van der Waals surface area contributed by atoms with Gasteiger partial charge in [-0.1, -0.05) is 23.2 Å². The Morgan fingerprint density at radius 1 is 1.19 bits per heavy atom. The number of nitrogens with two attached hydrogens (primary N) is 1. The molecule has 0 aliphatic heterocycles. The van der Waals surface area contributed by atoms with E-state index in [-0.39, 0.29) is 5.69 Å². The summed E-state index contributed by atoms with van der Waals surface area (Å²) in [5, 5.41) is 14.7. The lowest BCUT2D eigenvalue weighted by Gasteiger charge is -2.13. The molecule has 1 heterocycles. The number of aromatic nitrogens is 2. The molecule has 2 rings (SSSR count). The van der Waals surface area contributed by atoms with Crippen LogP contribution in [-0.2, 0) is 6.18 Å². The van der Waals surface area contributed by atoms with Gasteiger partial charge in [0, 0.05) is 0 Å². The van der Waals surface area contributed by atoms with Gasteiger partial charge in [0.2, 0.25) is 0 Å². The number of rotatable bonds is 3. The van der Waals surface area contributed by atoms with Crippen LogP contribution in [0.5, 0.6) is 0 Å². The van der Waals surface area contributed by atoms with E-state index in [0.29, 0.717) is 16.8 Å². The highest BCUT2D eigenvalue weighted by molar-refractivity contribution is 8.00. The van der Waals surface area contributed by atoms with Crippen molar-refractivity contribution in [3.05, 3.63) is 39.1 Å². The number of nitrogens with zero attached hydrogens (tertiary/aromatic N) is 4. The van der Waals surface area contributed by atoms with Crippen molar-refractivity contribution in [3.63, 3.8) is 0 Å². The van der Waals surface area contributed by atoms with Crippen molar-refractivity contribution in [1.82, 2.24) is 9.78 Å². The normalized spacial score (nSPS) is 12.6. The van der Waals surface area contributed by atoms with E-state index in [9.17, 15) is 26.3 Å². The molecular formula is C13H5Cl2F6N5S. The summed E-state index contributed by atoms with van der Waals surface area (Å²) < 4.78 is 77.6. The quantitative estimate of drug-likeness (QED) is 0.236. The Morgan fingerprint density at radius 2 is 1.74 bits per heavy atom. The maximum atomic E-state index is 12.8. The van der Waals surface area contributed by atoms with Crippen molar-refractivity contribution in [1.29, 1.82) is 5.26 Å². The molecule has 0 bridgehead atoms. The Hall–Kier alpha value is -2.10. The molecular weight excluding hydrogens is 443 g/mol. The predicted octanol–water partition coefficient (Wildman–Crippen LogP) is 4.97. The lowest BCUT2D eigenvalue weighted by atomic mass is 10.2. The van der Waals surface area contributed by atoms with E-state index in [1.165, 1.54) is 6.07 Å². The molecule has 0 aliphatic carbocycles. The van der Waals surface area contributed by atoms with E-state index in [2.05, 4.69) is 10.2 Å². The maximum absolute atomic E-state index is 12.8. The smallest absolute Gasteiger partial charge is 0.323 e. The van der Waals surface area contributed by atoms with Gasteiger partial charge in [-0.15, -0.1) is 0 Å². The predicted molar refractivity (Wildman–Crippen MR) is 87.0 cm³/mol. The van der Waals surface area contributed by atoms with Crippen molar-refractivity contribution in [3.8, 4) is 11.8 Å². The highest BCUT2D eigenvalue weighted by Crippen LogP contribution is 2.42. The van der Waals surface area contributed by atoms with Crippen LogP contribution in [0.3, 0.4) is 0 Å². The number of nitriles is 1. The molecule has 0 radical (unpaired) electrons. The van der Waals surface area contributed by atoms with E-state index in [4.69, 9.17) is 34.3 Å². The van der Waals surface area contributed by atoms with Gasteiger partial charge in [-0.05, 0) is 23.9 Å². The number of alkyl halides is 6. The molecule has 0 aliphatic rings. The van der Waals surface area contributed by atoms with Crippen molar-refractivity contribution >= 4 is 41.2 Å². The fourth-order valence-corrected chi connectivity index (χ4v) is 3.30. The summed E-state index contributed by atoms with van der Waals surface area (Å²) in [4.78, 5) is -0.661. The summed E-state index contributed by atoms with van der Waals surface area (Å²) >= 11 is 11.0. The zero-order chi connectivity index (χ0) is 20.6. The van der Waals surface area contributed by atoms with Gasteiger partial charge < -0.3 is 5.84 Å². The Balaban J connectivity index is 2.78. The van der Waals surface area contributed by atoms with Gasteiger partial charge >= 0.3 is 11.7 Å². The zero-order valence-corrected chi connectivity index (χ0v) is 14.9. The molecule has 0 spiro atoms. The molecule has 0 saturated heterocycles. The van der Waals surface area contributed by atoms with Crippen LogP contribution in [0, 0.1) is 11.3 Å². The van der Waals surface area contributed by atoms with Gasteiger partial charge in [0.05, 0.1) is 26.7 Å². The van der Waals surface area contributed by atoms with Crippen LogP contribution in [0.2, 0.25) is 10.0 Å². The van der Waals surface area contributed by atoms with E-state index < -0.39 is 55.3 Å². The van der Waals surface area contributed by atoms with Gasteiger partial charge in [0.1, 0.15) is 17.5 Å². The molecule has 0 fully saturated rings. The lowest BCUT2D eigenvalue weighted by molar-refractivity contribution is -0.137. The molecule has 2 N–H and O–H groups in total. The highest BCUT2D eigenvalue weighted by atomic mass is 35.5. The fraction of sp³-hybridized carbons (Fsp3) is 0.154. The summed E-state index contributed by atoms with van der Waals surface area (Å²) in [6, 6.07) is 2.51. The average molecular weight is 448 g/mol. The Kier molecular flexibility index (Phi) is 5.88. The molecule has 1 aromatic heterocycles. The van der Waals surface area contributed by atoms with E-state index >= 15 is 0 Å². The minimum Gasteiger partial charge on any atom is -0.323 e. The van der Waals surface area contributed by atoms with Gasteiger partial charge in [-0.3, -0.25) is 0 Å². The van der Waals surface area contributed by atoms with Crippen molar-refractivity contribution in [2.75, 3.05) is 0 Å². The minimum atomic E-state index is -4.79. The molecule has 27 heavy (non-hydrogen) atoms. The second kappa shape index (κ2) is 7.49. The van der Waals surface area contributed by atoms with Crippen LogP contribution >= 0.6 is 35.0 Å². The first-order chi connectivity index (χ1) is 12.4. The van der Waals surface area contributed by atoms with Crippen LogP contribution in [0.15, 0.2) is 22.1 Å². The summed E-state index contributed by atoms with van der Waals surface area (Å²) in [5.41, 5.74) is -7.43. The van der Waals surface area contributed by atoms with Gasteiger partial charge in [0.25, 0.3) is 0 Å². The van der Waals surface area contributed by atoms with E-state index in [0.717, 1.165) is 6.21 Å². The third-order valence-corrected chi connectivity index (χ3v) is 4.37. The van der Waals surface area contributed by atoms with Gasteiger partial charge in [0.15, 0.2) is 5.69 Å². The number of thioether (sulfide) groups is 1. The summed E-state index contributed by atoms with van der Waals surface area (Å²) in [6.45, 7) is 0. The number of hydrogen-bond donors (Lipinski definition) is 1. The van der Waals surface area contributed by atoms with Crippen LogP contribution in [-0.4, -0.2) is 21.5 Å². The lowest BCUT2D eigenvalue weighted by Crippen LogP contribution is -2.09. The molecule has 1 aromatic carbocycles. The van der Waals surface area contributed by atoms with Crippen LogP contribution in [0.1, 0.15) is 17.0 Å². The summed E-state index contributed by atoms with van der Waals surface area (Å²) in [6.07, 6.45) is -4.02. The van der Waals surface area contributed by atoms with Crippen LogP contribution < -0.4 is 5.84 Å². The number of benzene rings is 1. The summed E-state index contributed by atoms with van der Waals surface area (Å²) in [7, 11) is 0. The van der Waals surface area contributed by atoms with Crippen LogP contribution in [0.4, 0.5) is 26.3 Å². The number of hydrazone groups is 1. The molecule has 14 heteroatoms. The average Bonchev–Trinajstić information content (AvgIpc) is 2.82. The molecule has 0 atom stereocenters. The minimum absolute atomic E-state index is 0.369. The Labute approximate surface area is 161 Å². The first-order valence-corrected chi connectivity index (χ1v) is 8.05. The van der Waals surface area contributed by atoms with E-state index in [1.807, 2.05) is 0 Å².